The van der Waals surface area contributed by atoms with Crippen LogP contribution in [-0.4, -0.2) is 0 Å². The van der Waals surface area contributed by atoms with E-state index in [4.69, 9.17) is 0 Å². The van der Waals surface area contributed by atoms with Gasteiger partial charge >= 0.3 is 153 Å². The van der Waals surface area contributed by atoms with Crippen LogP contribution in [0.2, 0.25) is 0 Å². The van der Waals surface area contributed by atoms with Gasteiger partial charge in [-0.05, 0) is 0 Å². The van der Waals surface area contributed by atoms with Crippen LogP contribution in [0.15, 0.2) is 121 Å². The van der Waals surface area contributed by atoms with Crippen molar-refractivity contribution >= 4 is 15.5 Å². The van der Waals surface area contributed by atoms with Crippen molar-refractivity contribution in [1.29, 1.82) is 0 Å². The van der Waals surface area contributed by atoms with Crippen LogP contribution in [0.25, 0.3) is 0 Å². The number of hydrogen-bond acceptors (Lipinski definition) is 0. The second-order valence-corrected chi connectivity index (χ2v) is 12.2. The Labute approximate surface area is 153 Å². The van der Waals surface area contributed by atoms with Gasteiger partial charge in [-0.3, -0.25) is 0 Å². The molecular weight excluding hydrogens is 336 g/mol. The average Bonchev–Trinajstić information content (AvgIpc) is 2.72. The van der Waals surface area contributed by atoms with Gasteiger partial charge in [0.25, 0.3) is 0 Å². The Balaban J connectivity index is 2.13. The first-order valence-electron chi connectivity index (χ1n) is 8.64. The van der Waals surface area contributed by atoms with Gasteiger partial charge in [-0.1, -0.05) is 0 Å². The van der Waals surface area contributed by atoms with Crippen LogP contribution in [0, 0.1) is 0 Å². The summed E-state index contributed by atoms with van der Waals surface area (Å²) in [5, 5.41) is 0. The van der Waals surface area contributed by atoms with Crippen molar-refractivity contribution in [3.8, 4) is 0 Å². The van der Waals surface area contributed by atoms with Crippen molar-refractivity contribution in [2.75, 3.05) is 0 Å². The van der Waals surface area contributed by atoms with Crippen LogP contribution in [0.4, 0.5) is 0 Å². The normalized spacial score (nSPS) is 11.2. The molecule has 25 heavy (non-hydrogen) atoms. The molecule has 4 aromatic carbocycles. The third-order valence-corrected chi connectivity index (χ3v) is 12.3. The van der Waals surface area contributed by atoms with Crippen molar-refractivity contribution in [2.24, 2.45) is 0 Å². The van der Waals surface area contributed by atoms with Gasteiger partial charge in [-0.15, -0.1) is 0 Å². The van der Waals surface area contributed by atoms with Crippen molar-refractivity contribution < 1.29 is 16.6 Å². The molecule has 0 unspecified atom stereocenters. The molecule has 0 aromatic heterocycles. The molecule has 4 rings (SSSR count). The quantitative estimate of drug-likeness (QED) is 0.492. The first-order valence-corrected chi connectivity index (χ1v) is 11.8. The summed E-state index contributed by atoms with van der Waals surface area (Å²) in [5.74, 6) is 0. The van der Waals surface area contributed by atoms with Crippen LogP contribution in [0.3, 0.4) is 0 Å². The Morgan fingerprint density at radius 1 is 0.280 bits per heavy atom. The predicted octanol–water partition coefficient (Wildman–Crippen LogP) is 3.44. The average molecular weight is 356 g/mol. The zero-order valence-electron chi connectivity index (χ0n) is 14.0. The molecule has 120 valence electrons. The molecule has 0 amide bonds. The first-order chi connectivity index (χ1) is 12.4. The summed E-state index contributed by atoms with van der Waals surface area (Å²) in [5.41, 5.74) is 0. The SMILES string of the molecule is c1cc[c]([Ti]([c]2ccccc2)([c]2ccccc2)[c]2ccccc2)cc1. The second-order valence-electron chi connectivity index (χ2n) is 6.21. The number of hydrogen-bond donors (Lipinski definition) is 0. The van der Waals surface area contributed by atoms with E-state index in [0.29, 0.717) is 0 Å². The van der Waals surface area contributed by atoms with E-state index >= 15 is 0 Å². The third kappa shape index (κ3) is 2.89. The number of benzene rings is 4. The van der Waals surface area contributed by atoms with E-state index in [1.807, 2.05) is 0 Å². The molecule has 0 spiro atoms. The third-order valence-electron chi connectivity index (χ3n) is 4.83. The van der Waals surface area contributed by atoms with Gasteiger partial charge in [-0.2, -0.15) is 0 Å². The van der Waals surface area contributed by atoms with Crippen molar-refractivity contribution in [1.82, 2.24) is 0 Å². The Morgan fingerprint density at radius 2 is 0.480 bits per heavy atom. The molecule has 0 aliphatic heterocycles. The van der Waals surface area contributed by atoms with E-state index in [-0.39, 0.29) is 0 Å². The molecule has 0 atom stereocenters. The van der Waals surface area contributed by atoms with Crippen LogP contribution in [0.5, 0.6) is 0 Å². The zero-order chi connectivity index (χ0) is 17.0. The van der Waals surface area contributed by atoms with Gasteiger partial charge in [0, 0.05) is 0 Å². The molecule has 0 bridgehead atoms. The Hall–Kier alpha value is -2.41. The van der Waals surface area contributed by atoms with Gasteiger partial charge in [0.15, 0.2) is 0 Å². The molecule has 4 aromatic rings. The first kappa shape index (κ1) is 16.1. The summed E-state index contributed by atoms with van der Waals surface area (Å²) in [6, 6.07) is 44.3. The van der Waals surface area contributed by atoms with E-state index in [2.05, 4.69) is 121 Å². The maximum atomic E-state index is 2.31. The topological polar surface area (TPSA) is 0 Å². The minimum atomic E-state index is -2.99. The summed E-state index contributed by atoms with van der Waals surface area (Å²) in [6.45, 7) is 0. The van der Waals surface area contributed by atoms with Gasteiger partial charge in [0.05, 0.1) is 0 Å². The summed E-state index contributed by atoms with van der Waals surface area (Å²) in [7, 11) is 0. The van der Waals surface area contributed by atoms with Crippen LogP contribution in [-0.2, 0) is 16.6 Å². The van der Waals surface area contributed by atoms with Gasteiger partial charge in [0.1, 0.15) is 0 Å². The Morgan fingerprint density at radius 3 is 0.680 bits per heavy atom. The van der Waals surface area contributed by atoms with E-state index in [1.54, 1.807) is 0 Å². The fraction of sp³-hybridized carbons (Fsp3) is 0. The van der Waals surface area contributed by atoms with Gasteiger partial charge in [0.2, 0.25) is 0 Å². The minimum absolute atomic E-state index is 1.46. The summed E-state index contributed by atoms with van der Waals surface area (Å²) < 4.78 is 5.86. The molecule has 0 saturated carbocycles. The second kappa shape index (κ2) is 7.23. The van der Waals surface area contributed by atoms with Crippen molar-refractivity contribution in [2.45, 2.75) is 0 Å². The van der Waals surface area contributed by atoms with E-state index in [9.17, 15) is 0 Å². The van der Waals surface area contributed by atoms with Gasteiger partial charge < -0.3 is 0 Å². The fourth-order valence-electron chi connectivity index (χ4n) is 3.75. The molecule has 0 nitrogen and oxygen atoms in total. The van der Waals surface area contributed by atoms with E-state index in [1.165, 1.54) is 15.5 Å². The molecule has 0 aliphatic carbocycles. The zero-order valence-corrected chi connectivity index (χ0v) is 15.6. The molecule has 0 heterocycles. The van der Waals surface area contributed by atoms with Gasteiger partial charge in [-0.25, -0.2) is 0 Å². The van der Waals surface area contributed by atoms with E-state index < -0.39 is 16.6 Å². The Bertz CT molecular complexity index is 753. The van der Waals surface area contributed by atoms with E-state index in [0.717, 1.165) is 0 Å². The maximum absolute atomic E-state index is 2.99. The van der Waals surface area contributed by atoms with Crippen LogP contribution >= 0.6 is 0 Å². The predicted molar refractivity (Wildman–Crippen MR) is 104 cm³/mol. The molecule has 0 saturated heterocycles. The molecule has 0 fully saturated rings. The molecule has 1 heteroatoms. The summed E-state index contributed by atoms with van der Waals surface area (Å²) >= 11 is -2.99. The Kier molecular flexibility index (Phi) is 4.65. The number of rotatable bonds is 4. The standard InChI is InChI=1S/4C6H5.Ti/c4*1-2-4-6-5-3-1;/h4*1-5H;. The van der Waals surface area contributed by atoms with Crippen LogP contribution < -0.4 is 15.5 Å². The fourth-order valence-corrected chi connectivity index (χ4v) is 11.2. The van der Waals surface area contributed by atoms with Crippen LogP contribution in [0.1, 0.15) is 0 Å². The molecule has 0 radical (unpaired) electrons. The molecular formula is C24H20Ti. The molecule has 0 aliphatic rings. The molecule has 0 N–H and O–H groups in total. The summed E-state index contributed by atoms with van der Waals surface area (Å²) in [4.78, 5) is 0. The van der Waals surface area contributed by atoms with Crippen molar-refractivity contribution in [3.05, 3.63) is 121 Å². The monoisotopic (exact) mass is 356 g/mol. The van der Waals surface area contributed by atoms with Crippen molar-refractivity contribution in [3.63, 3.8) is 0 Å². The summed E-state index contributed by atoms with van der Waals surface area (Å²) in [6.07, 6.45) is 0.